The van der Waals surface area contributed by atoms with Crippen molar-refractivity contribution >= 4 is 23.1 Å². The predicted octanol–water partition coefficient (Wildman–Crippen LogP) is 6.63. The van der Waals surface area contributed by atoms with Crippen LogP contribution in [0.5, 0.6) is 0 Å². The molecule has 2 amide bonds. The molecule has 0 fully saturated rings. The number of carboxylic acid groups (broad SMARTS) is 1. The van der Waals surface area contributed by atoms with Gasteiger partial charge in [0.25, 0.3) is 17.2 Å². The van der Waals surface area contributed by atoms with Crippen molar-refractivity contribution in [3.05, 3.63) is 93.2 Å². The lowest BCUT2D eigenvalue weighted by atomic mass is 10.0. The van der Waals surface area contributed by atoms with Crippen molar-refractivity contribution in [3.63, 3.8) is 0 Å². The van der Waals surface area contributed by atoms with Crippen molar-refractivity contribution < 1.29 is 19.2 Å². The van der Waals surface area contributed by atoms with Crippen molar-refractivity contribution in [2.75, 3.05) is 13.1 Å². The van der Waals surface area contributed by atoms with Gasteiger partial charge >= 0.3 is 6.09 Å². The second-order valence-corrected chi connectivity index (χ2v) is 12.5. The highest BCUT2D eigenvalue weighted by molar-refractivity contribution is 5.94. The summed E-state index contributed by atoms with van der Waals surface area (Å²) in [7, 11) is 0. The number of benzene rings is 2. The Morgan fingerprint density at radius 1 is 1.02 bits per heavy atom. The fourth-order valence-corrected chi connectivity index (χ4v) is 5.46. The number of aryl methyl sites for hydroxylation is 1. The summed E-state index contributed by atoms with van der Waals surface area (Å²) in [6.45, 7) is 14.1. The molecule has 0 aliphatic carbocycles. The molecular weight excluding hydrogens is 558 g/mol. The molecular formula is C34H43N5O5. The number of rotatable bonds is 11. The highest BCUT2D eigenvalue weighted by atomic mass is 16.5. The molecule has 2 aromatic heterocycles. The van der Waals surface area contributed by atoms with Crippen molar-refractivity contribution in [1.82, 2.24) is 24.5 Å². The van der Waals surface area contributed by atoms with Gasteiger partial charge in [0, 0.05) is 24.2 Å². The normalized spacial score (nSPS) is 12.5. The number of hydrogen-bond acceptors (Lipinski definition) is 6. The van der Waals surface area contributed by atoms with E-state index >= 15 is 0 Å². The Kier molecular flexibility index (Phi) is 9.91. The first-order valence-corrected chi connectivity index (χ1v) is 15.2. The summed E-state index contributed by atoms with van der Waals surface area (Å²) >= 11 is 0. The molecule has 234 valence electrons. The van der Waals surface area contributed by atoms with Gasteiger partial charge < -0.3 is 19.4 Å². The lowest BCUT2D eigenvalue weighted by molar-refractivity contribution is 0.0628. The van der Waals surface area contributed by atoms with Crippen molar-refractivity contribution in [1.29, 1.82) is 0 Å². The van der Waals surface area contributed by atoms with Gasteiger partial charge in [-0.05, 0) is 64.2 Å². The Hall–Kier alpha value is -4.47. The smallest absolute Gasteiger partial charge is 0.407 e. The molecule has 0 saturated carbocycles. The average Bonchev–Trinajstić information content (AvgIpc) is 3.41. The number of amides is 2. The van der Waals surface area contributed by atoms with Crippen LogP contribution < -0.4 is 5.56 Å². The Bertz CT molecular complexity index is 1650. The molecule has 0 saturated heterocycles. The lowest BCUT2D eigenvalue weighted by Crippen LogP contribution is -2.46. The number of hydrogen-bond donors (Lipinski definition) is 1. The van der Waals surface area contributed by atoms with Crippen molar-refractivity contribution in [3.8, 4) is 0 Å². The molecule has 0 spiro atoms. The molecule has 1 N–H and O–H groups in total. The van der Waals surface area contributed by atoms with Crippen LogP contribution in [0.25, 0.3) is 11.1 Å². The quantitative estimate of drug-likeness (QED) is 0.205. The van der Waals surface area contributed by atoms with E-state index in [9.17, 15) is 19.5 Å². The summed E-state index contributed by atoms with van der Waals surface area (Å²) in [5, 5.41) is 14.4. The molecule has 1 atom stereocenters. The molecule has 10 heteroatoms. The number of aromatic nitrogens is 3. The number of carbonyl (C=O) groups is 2. The zero-order valence-electron chi connectivity index (χ0n) is 26.7. The van der Waals surface area contributed by atoms with Gasteiger partial charge in [0.1, 0.15) is 16.9 Å². The Balaban J connectivity index is 1.85. The molecule has 0 aliphatic rings. The largest absolute Gasteiger partial charge is 0.465 e. The van der Waals surface area contributed by atoms with Crippen LogP contribution in [-0.2, 0) is 6.54 Å². The van der Waals surface area contributed by atoms with E-state index in [0.29, 0.717) is 35.3 Å². The van der Waals surface area contributed by atoms with Crippen molar-refractivity contribution in [2.24, 2.45) is 0 Å². The van der Waals surface area contributed by atoms with Gasteiger partial charge in [0.15, 0.2) is 0 Å². The second kappa shape index (κ2) is 13.4. The highest BCUT2D eigenvalue weighted by Gasteiger charge is 2.32. The van der Waals surface area contributed by atoms with Gasteiger partial charge in [0.2, 0.25) is 0 Å². The molecule has 2 aromatic carbocycles. The predicted molar refractivity (Wildman–Crippen MR) is 170 cm³/mol. The topological polar surface area (TPSA) is 122 Å². The van der Waals surface area contributed by atoms with Crippen LogP contribution in [0, 0.1) is 6.92 Å². The van der Waals surface area contributed by atoms with E-state index in [1.807, 2.05) is 90.9 Å². The van der Waals surface area contributed by atoms with E-state index < -0.39 is 17.7 Å². The zero-order valence-corrected chi connectivity index (χ0v) is 26.7. The Morgan fingerprint density at radius 3 is 2.25 bits per heavy atom. The molecule has 10 nitrogen and oxygen atoms in total. The maximum absolute atomic E-state index is 14.2. The van der Waals surface area contributed by atoms with Crippen LogP contribution in [0.2, 0.25) is 0 Å². The second-order valence-electron chi connectivity index (χ2n) is 12.5. The van der Waals surface area contributed by atoms with Gasteiger partial charge in [0.05, 0.1) is 12.6 Å². The van der Waals surface area contributed by atoms with E-state index in [2.05, 4.69) is 5.16 Å². The monoisotopic (exact) mass is 601 g/mol. The number of carbonyl (C=O) groups excluding carboxylic acids is 1. The summed E-state index contributed by atoms with van der Waals surface area (Å²) in [6, 6.07) is 16.4. The van der Waals surface area contributed by atoms with Gasteiger partial charge in [-0.25, -0.2) is 4.79 Å². The minimum atomic E-state index is -1.02. The van der Waals surface area contributed by atoms with Crippen LogP contribution in [0.1, 0.15) is 99.3 Å². The summed E-state index contributed by atoms with van der Waals surface area (Å²) < 4.78 is 7.22. The summed E-state index contributed by atoms with van der Waals surface area (Å²) in [6.07, 6.45) is -0.170. The zero-order chi connectivity index (χ0) is 32.2. The van der Waals surface area contributed by atoms with Crippen LogP contribution in [0.3, 0.4) is 0 Å². The lowest BCUT2D eigenvalue weighted by Gasteiger charge is -2.35. The SMILES string of the molecule is CCC(c1nc2onc(C(C)C)c2c(=O)n1Cc1ccccc1)N(CCCN(C(=O)O)C(C)(C)C)C(=O)c1ccc(C)cc1. The standard InChI is InChI=1S/C34H43N5O5/c1-8-26(37(31(40)25-17-15-23(4)16-18-25)19-12-20-39(33(42)43)34(5,6)7)29-35-30-27(28(22(2)3)36-44-30)32(41)38(29)21-24-13-10-9-11-14-24/h9-11,13-18,22,26H,8,12,19-21H2,1-7H3,(H,42,43). The highest BCUT2D eigenvalue weighted by Crippen LogP contribution is 2.29. The first-order chi connectivity index (χ1) is 20.8. The maximum atomic E-state index is 14.2. The summed E-state index contributed by atoms with van der Waals surface area (Å²) in [5.41, 5.74) is 2.24. The Labute approximate surface area is 258 Å². The van der Waals surface area contributed by atoms with Crippen LogP contribution >= 0.6 is 0 Å². The number of fused-ring (bicyclic) bond motifs is 1. The van der Waals surface area contributed by atoms with Gasteiger partial charge in [-0.1, -0.05) is 74.0 Å². The third kappa shape index (κ3) is 7.01. The molecule has 0 radical (unpaired) electrons. The van der Waals surface area contributed by atoms with Gasteiger partial charge in [-0.2, -0.15) is 4.98 Å². The molecule has 4 rings (SSSR count). The van der Waals surface area contributed by atoms with Crippen LogP contribution in [0.15, 0.2) is 63.9 Å². The third-order valence-corrected chi connectivity index (χ3v) is 7.82. The van der Waals surface area contributed by atoms with E-state index in [1.165, 1.54) is 4.90 Å². The minimum Gasteiger partial charge on any atom is -0.465 e. The maximum Gasteiger partial charge on any atom is 0.407 e. The van der Waals surface area contributed by atoms with Crippen LogP contribution in [-0.4, -0.2) is 60.2 Å². The fraction of sp³-hybridized carbons (Fsp3) is 0.441. The van der Waals surface area contributed by atoms with Gasteiger partial charge in [-0.15, -0.1) is 0 Å². The Morgan fingerprint density at radius 2 is 1.68 bits per heavy atom. The molecule has 2 heterocycles. The van der Waals surface area contributed by atoms with E-state index in [-0.39, 0.29) is 42.7 Å². The van der Waals surface area contributed by atoms with Crippen molar-refractivity contribution in [2.45, 2.75) is 85.4 Å². The molecule has 0 aliphatic heterocycles. The first-order valence-electron chi connectivity index (χ1n) is 15.2. The molecule has 0 bridgehead atoms. The summed E-state index contributed by atoms with van der Waals surface area (Å²) in [4.78, 5) is 48.4. The summed E-state index contributed by atoms with van der Waals surface area (Å²) in [5.74, 6) is 0.116. The fourth-order valence-electron chi connectivity index (χ4n) is 5.46. The molecule has 1 unspecified atom stereocenters. The van der Waals surface area contributed by atoms with Gasteiger partial charge in [-0.3, -0.25) is 14.2 Å². The van der Waals surface area contributed by atoms with E-state index in [0.717, 1.165) is 11.1 Å². The third-order valence-electron chi connectivity index (χ3n) is 7.82. The number of nitrogens with zero attached hydrogens (tertiary/aromatic N) is 5. The average molecular weight is 602 g/mol. The molecule has 44 heavy (non-hydrogen) atoms. The minimum absolute atomic E-state index is 0.0524. The first kappa shape index (κ1) is 32.4. The van der Waals surface area contributed by atoms with Crippen LogP contribution in [0.4, 0.5) is 4.79 Å². The molecule has 4 aromatic rings. The van der Waals surface area contributed by atoms with E-state index in [1.54, 1.807) is 21.6 Å². The van der Waals surface area contributed by atoms with E-state index in [4.69, 9.17) is 9.51 Å².